The molecular formula is C13H21N3O. The van der Waals surface area contributed by atoms with E-state index in [1.807, 2.05) is 6.92 Å². The molecule has 2 rings (SSSR count). The van der Waals surface area contributed by atoms with Gasteiger partial charge >= 0.3 is 0 Å². The summed E-state index contributed by atoms with van der Waals surface area (Å²) in [4.78, 5) is 11.0. The maximum atomic E-state index is 9.39. The Kier molecular flexibility index (Phi) is 3.62. The lowest BCUT2D eigenvalue weighted by molar-refractivity contribution is 0.280. The molecule has 2 heterocycles. The second-order valence-electron chi connectivity index (χ2n) is 5.07. The van der Waals surface area contributed by atoms with Crippen LogP contribution in [0.25, 0.3) is 0 Å². The van der Waals surface area contributed by atoms with E-state index in [-0.39, 0.29) is 6.61 Å². The number of aliphatic hydroxyl groups is 1. The topological polar surface area (TPSA) is 49.3 Å². The molecule has 0 aliphatic carbocycles. The van der Waals surface area contributed by atoms with Crippen LogP contribution in [0.15, 0.2) is 6.20 Å². The number of nitrogens with zero attached hydrogens (tertiary/aromatic N) is 3. The average Bonchev–Trinajstić information content (AvgIpc) is 2.77. The fraction of sp³-hybridized carbons (Fsp3) is 0.692. The highest BCUT2D eigenvalue weighted by Gasteiger charge is 2.29. The van der Waals surface area contributed by atoms with Crippen molar-refractivity contribution in [2.45, 2.75) is 46.3 Å². The van der Waals surface area contributed by atoms with Gasteiger partial charge in [0.15, 0.2) is 0 Å². The maximum absolute atomic E-state index is 9.39. The molecule has 0 radical (unpaired) electrons. The van der Waals surface area contributed by atoms with Gasteiger partial charge < -0.3 is 10.0 Å². The number of aromatic nitrogens is 2. The lowest BCUT2D eigenvalue weighted by Gasteiger charge is -2.30. The third kappa shape index (κ3) is 2.41. The molecule has 0 saturated carbocycles. The van der Waals surface area contributed by atoms with Gasteiger partial charge in [0.1, 0.15) is 11.6 Å². The Balaban J connectivity index is 2.35. The normalized spacial score (nSPS) is 20.3. The van der Waals surface area contributed by atoms with E-state index in [1.165, 1.54) is 12.8 Å². The zero-order valence-corrected chi connectivity index (χ0v) is 10.8. The number of rotatable bonds is 3. The first kappa shape index (κ1) is 12.3. The predicted molar refractivity (Wildman–Crippen MR) is 67.9 cm³/mol. The summed E-state index contributed by atoms with van der Waals surface area (Å²) in [5.74, 6) is 2.31. The molecule has 1 atom stereocenters. The van der Waals surface area contributed by atoms with Crippen molar-refractivity contribution < 1.29 is 5.11 Å². The summed E-state index contributed by atoms with van der Waals surface area (Å²) >= 11 is 0. The fourth-order valence-corrected chi connectivity index (χ4v) is 2.59. The Morgan fingerprint density at radius 3 is 2.94 bits per heavy atom. The molecule has 94 valence electrons. The Morgan fingerprint density at radius 1 is 1.53 bits per heavy atom. The predicted octanol–water partition coefficient (Wildman–Crippen LogP) is 1.90. The Labute approximate surface area is 103 Å². The highest BCUT2D eigenvalue weighted by atomic mass is 16.3. The van der Waals surface area contributed by atoms with Crippen LogP contribution < -0.4 is 4.90 Å². The summed E-state index contributed by atoms with van der Waals surface area (Å²) in [6, 6.07) is 0.537. The van der Waals surface area contributed by atoms with Crippen molar-refractivity contribution in [3.05, 3.63) is 17.6 Å². The van der Waals surface area contributed by atoms with E-state index < -0.39 is 0 Å². The zero-order chi connectivity index (χ0) is 12.4. The first-order valence-electron chi connectivity index (χ1n) is 6.33. The van der Waals surface area contributed by atoms with E-state index in [2.05, 4.69) is 28.7 Å². The van der Waals surface area contributed by atoms with Crippen LogP contribution in [0.1, 0.15) is 38.1 Å². The van der Waals surface area contributed by atoms with Gasteiger partial charge in [0.05, 0.1) is 6.61 Å². The minimum atomic E-state index is 0.0108. The van der Waals surface area contributed by atoms with Gasteiger partial charge in [-0.25, -0.2) is 9.97 Å². The summed E-state index contributed by atoms with van der Waals surface area (Å²) in [7, 11) is 0. The van der Waals surface area contributed by atoms with Crippen LogP contribution in [0.2, 0.25) is 0 Å². The van der Waals surface area contributed by atoms with Gasteiger partial charge in [-0.3, -0.25) is 0 Å². The average molecular weight is 235 g/mol. The van der Waals surface area contributed by atoms with E-state index in [4.69, 9.17) is 0 Å². The highest BCUT2D eigenvalue weighted by Crippen LogP contribution is 2.30. The molecule has 4 heteroatoms. The van der Waals surface area contributed by atoms with Crippen molar-refractivity contribution >= 4 is 5.82 Å². The van der Waals surface area contributed by atoms with Gasteiger partial charge in [0, 0.05) is 24.3 Å². The molecule has 17 heavy (non-hydrogen) atoms. The molecular weight excluding hydrogens is 214 g/mol. The zero-order valence-electron chi connectivity index (χ0n) is 10.8. The summed E-state index contributed by atoms with van der Waals surface area (Å²) < 4.78 is 0. The molecule has 1 aliphatic rings. The van der Waals surface area contributed by atoms with Crippen LogP contribution in [0.5, 0.6) is 0 Å². The van der Waals surface area contributed by atoms with E-state index in [9.17, 15) is 5.11 Å². The number of hydrogen-bond donors (Lipinski definition) is 1. The molecule has 1 aromatic rings. The Hall–Kier alpha value is -1.16. The minimum absolute atomic E-state index is 0.0108. The van der Waals surface area contributed by atoms with Gasteiger partial charge in [0.2, 0.25) is 0 Å². The third-order valence-corrected chi connectivity index (χ3v) is 3.47. The van der Waals surface area contributed by atoms with Crippen molar-refractivity contribution in [3.8, 4) is 0 Å². The molecule has 1 fully saturated rings. The van der Waals surface area contributed by atoms with Crippen LogP contribution in [-0.2, 0) is 6.61 Å². The summed E-state index contributed by atoms with van der Waals surface area (Å²) in [6.07, 6.45) is 4.16. The molecule has 0 spiro atoms. The maximum Gasteiger partial charge on any atom is 0.138 e. The number of aryl methyl sites for hydroxylation is 1. The molecule has 0 bridgehead atoms. The lowest BCUT2D eigenvalue weighted by Crippen LogP contribution is -2.35. The Bertz CT molecular complexity index is 392. The van der Waals surface area contributed by atoms with Gasteiger partial charge in [-0.2, -0.15) is 0 Å². The second kappa shape index (κ2) is 5.00. The molecule has 1 aliphatic heterocycles. The van der Waals surface area contributed by atoms with Gasteiger partial charge in [-0.15, -0.1) is 0 Å². The second-order valence-corrected chi connectivity index (χ2v) is 5.07. The number of anilines is 1. The molecule has 0 amide bonds. The fourth-order valence-electron chi connectivity index (χ4n) is 2.59. The van der Waals surface area contributed by atoms with Crippen LogP contribution >= 0.6 is 0 Å². The van der Waals surface area contributed by atoms with Crippen LogP contribution in [0, 0.1) is 12.8 Å². The van der Waals surface area contributed by atoms with Crippen molar-refractivity contribution in [2.75, 3.05) is 11.4 Å². The van der Waals surface area contributed by atoms with E-state index in [0.717, 1.165) is 23.8 Å². The van der Waals surface area contributed by atoms with Crippen molar-refractivity contribution in [3.63, 3.8) is 0 Å². The lowest BCUT2D eigenvalue weighted by atomic mass is 10.0. The standard InChI is InChI=1S/C13H21N3O/c1-9(2)12-5-4-6-16(12)13-11(8-17)7-14-10(3)15-13/h7,9,12,17H,4-6,8H2,1-3H3. The smallest absolute Gasteiger partial charge is 0.138 e. The van der Waals surface area contributed by atoms with Gasteiger partial charge in [0.25, 0.3) is 0 Å². The molecule has 1 aromatic heterocycles. The minimum Gasteiger partial charge on any atom is -0.391 e. The SMILES string of the molecule is Cc1ncc(CO)c(N2CCCC2C(C)C)n1. The van der Waals surface area contributed by atoms with Crippen molar-refractivity contribution in [1.82, 2.24) is 9.97 Å². The summed E-state index contributed by atoms with van der Waals surface area (Å²) in [5.41, 5.74) is 0.836. The van der Waals surface area contributed by atoms with Crippen LogP contribution in [0.4, 0.5) is 5.82 Å². The van der Waals surface area contributed by atoms with E-state index >= 15 is 0 Å². The van der Waals surface area contributed by atoms with Gasteiger partial charge in [-0.05, 0) is 25.7 Å². The molecule has 1 unspecified atom stereocenters. The first-order valence-corrected chi connectivity index (χ1v) is 6.33. The van der Waals surface area contributed by atoms with E-state index in [1.54, 1.807) is 6.20 Å². The van der Waals surface area contributed by atoms with Gasteiger partial charge in [-0.1, -0.05) is 13.8 Å². The highest BCUT2D eigenvalue weighted by molar-refractivity contribution is 5.48. The number of hydrogen-bond acceptors (Lipinski definition) is 4. The quantitative estimate of drug-likeness (QED) is 0.869. The monoisotopic (exact) mass is 235 g/mol. The molecule has 4 nitrogen and oxygen atoms in total. The summed E-state index contributed by atoms with van der Waals surface area (Å²) in [5, 5.41) is 9.39. The van der Waals surface area contributed by atoms with Crippen molar-refractivity contribution in [2.24, 2.45) is 5.92 Å². The van der Waals surface area contributed by atoms with Crippen molar-refractivity contribution in [1.29, 1.82) is 0 Å². The van der Waals surface area contributed by atoms with E-state index in [0.29, 0.717) is 12.0 Å². The first-order chi connectivity index (χ1) is 8.13. The molecule has 0 aromatic carbocycles. The largest absolute Gasteiger partial charge is 0.391 e. The summed E-state index contributed by atoms with van der Waals surface area (Å²) in [6.45, 7) is 7.43. The number of aliphatic hydroxyl groups excluding tert-OH is 1. The van der Waals surface area contributed by atoms with Crippen LogP contribution in [-0.4, -0.2) is 27.7 Å². The Morgan fingerprint density at radius 2 is 2.29 bits per heavy atom. The third-order valence-electron chi connectivity index (χ3n) is 3.47. The van der Waals surface area contributed by atoms with Crippen LogP contribution in [0.3, 0.4) is 0 Å². The molecule has 1 N–H and O–H groups in total. The molecule has 1 saturated heterocycles.